The zero-order valence-corrected chi connectivity index (χ0v) is 18.2. The van der Waals surface area contributed by atoms with Gasteiger partial charge in [-0.3, -0.25) is 0 Å². The molecule has 0 nitrogen and oxygen atoms in total. The van der Waals surface area contributed by atoms with Gasteiger partial charge in [-0.1, -0.05) is 36.4 Å². The first-order valence-corrected chi connectivity index (χ1v) is 13.3. The lowest BCUT2D eigenvalue weighted by Crippen LogP contribution is -1.90. The van der Waals surface area contributed by atoms with Crippen molar-refractivity contribution in [2.75, 3.05) is 0 Å². The van der Waals surface area contributed by atoms with E-state index in [9.17, 15) is 0 Å². The van der Waals surface area contributed by atoms with E-state index < -0.39 is 0 Å². The first kappa shape index (κ1) is 17.1. The van der Waals surface area contributed by atoms with Gasteiger partial charge < -0.3 is 0 Å². The average Bonchev–Trinajstić information content (AvgIpc) is 3.29. The molecule has 0 saturated heterocycles. The molecule has 0 saturated carbocycles. The molecule has 2 unspecified atom stereocenters. The number of hydrogen-bond acceptors (Lipinski definition) is 0. The minimum atomic E-state index is -0.214. The Morgan fingerprint density at radius 3 is 1.81 bits per heavy atom. The Bertz CT molecular complexity index is 1150. The maximum atomic E-state index is 2.52. The van der Waals surface area contributed by atoms with E-state index in [1.165, 1.54) is 44.5 Å². The van der Waals surface area contributed by atoms with E-state index in [-0.39, 0.29) is 15.1 Å². The topological polar surface area (TPSA) is 0 Å². The van der Waals surface area contributed by atoms with Gasteiger partial charge in [-0.25, -0.2) is 0 Å². The summed E-state index contributed by atoms with van der Waals surface area (Å²) in [5.74, 6) is 4.82. The van der Waals surface area contributed by atoms with Crippen LogP contribution in [-0.4, -0.2) is 0 Å². The molecule has 2 heteroatoms. The molecule has 1 aliphatic carbocycles. The van der Waals surface area contributed by atoms with Crippen LogP contribution in [0.5, 0.6) is 0 Å². The summed E-state index contributed by atoms with van der Waals surface area (Å²) in [6, 6.07) is 18.6. The molecule has 0 bridgehead atoms. The van der Waals surface area contributed by atoms with Crippen LogP contribution < -0.4 is 0 Å². The van der Waals surface area contributed by atoms with Gasteiger partial charge >= 0.3 is 0 Å². The molecule has 0 fully saturated rings. The molecule has 134 valence electrons. The monoisotopic (exact) mass is 386 g/mol. The summed E-state index contributed by atoms with van der Waals surface area (Å²) in [6.07, 6.45) is 1.07. The van der Waals surface area contributed by atoms with Crippen molar-refractivity contribution in [2.45, 2.75) is 20.3 Å². The second-order valence-corrected chi connectivity index (χ2v) is 11.7. The van der Waals surface area contributed by atoms with Crippen molar-refractivity contribution >= 4 is 15.1 Å². The highest BCUT2D eigenvalue weighted by Crippen LogP contribution is 2.53. The van der Waals surface area contributed by atoms with Gasteiger partial charge in [-0.2, -0.15) is 0 Å². The van der Waals surface area contributed by atoms with Gasteiger partial charge in [0.2, 0.25) is 0 Å². The van der Waals surface area contributed by atoms with E-state index in [1.54, 1.807) is 10.6 Å². The highest BCUT2D eigenvalue weighted by atomic mass is 31.1. The molecule has 2 aromatic carbocycles. The molecule has 4 aromatic rings. The third-order valence-corrected chi connectivity index (χ3v) is 9.78. The fourth-order valence-corrected chi connectivity index (χ4v) is 8.28. The average molecular weight is 386 g/mol. The Balaban J connectivity index is 1.86. The van der Waals surface area contributed by atoms with Crippen molar-refractivity contribution in [2.24, 2.45) is 13.3 Å². The molecule has 1 aliphatic rings. The summed E-state index contributed by atoms with van der Waals surface area (Å²) < 4.78 is 0. The number of fused-ring (bicyclic) bond motifs is 3. The smallest absolute Gasteiger partial charge is 0.00447 e. The Morgan fingerprint density at radius 2 is 1.22 bits per heavy atom. The molecule has 5 rings (SSSR count). The van der Waals surface area contributed by atoms with Crippen LogP contribution in [0.4, 0.5) is 0 Å². The maximum Gasteiger partial charge on any atom is 0.00447 e. The van der Waals surface area contributed by atoms with E-state index in [2.05, 4.69) is 87.3 Å². The van der Waals surface area contributed by atoms with E-state index >= 15 is 0 Å². The lowest BCUT2D eigenvalue weighted by Gasteiger charge is -2.16. The highest BCUT2D eigenvalue weighted by Gasteiger charge is 2.24. The molecule has 0 N–H and O–H groups in total. The predicted octanol–water partition coefficient (Wildman–Crippen LogP) is 8.26. The maximum absolute atomic E-state index is 2.52. The summed E-state index contributed by atoms with van der Waals surface area (Å²) in [5.41, 5.74) is 11.7. The van der Waals surface area contributed by atoms with Gasteiger partial charge in [-0.15, -0.1) is 15.1 Å². The Kier molecular flexibility index (Phi) is 3.98. The molecule has 27 heavy (non-hydrogen) atoms. The molecule has 2 heterocycles. The largest absolute Gasteiger partial charge is 0.120 e. The van der Waals surface area contributed by atoms with Gasteiger partial charge in [0.1, 0.15) is 0 Å². The second kappa shape index (κ2) is 6.27. The van der Waals surface area contributed by atoms with Crippen LogP contribution in [0.3, 0.4) is 0 Å². The molecule has 0 amide bonds. The molecule has 2 aromatic heterocycles. The van der Waals surface area contributed by atoms with Crippen LogP contribution >= 0.6 is 15.1 Å². The Labute approximate surface area is 164 Å². The lowest BCUT2D eigenvalue weighted by atomic mass is 9.94. The summed E-state index contributed by atoms with van der Waals surface area (Å²) >= 11 is 0. The number of aryl methyl sites for hydroxylation is 4. The zero-order chi connectivity index (χ0) is 18.7. The van der Waals surface area contributed by atoms with Crippen molar-refractivity contribution < 1.29 is 0 Å². The van der Waals surface area contributed by atoms with Crippen LogP contribution in [0, 0.1) is 13.8 Å². The van der Waals surface area contributed by atoms with Gasteiger partial charge in [-0.05, 0) is 102 Å². The summed E-state index contributed by atoms with van der Waals surface area (Å²) in [4.78, 5) is 0. The quantitative estimate of drug-likeness (QED) is 0.286. The Morgan fingerprint density at radius 1 is 0.630 bits per heavy atom. The molecule has 0 spiro atoms. The van der Waals surface area contributed by atoms with Gasteiger partial charge in [0.05, 0.1) is 0 Å². The summed E-state index contributed by atoms with van der Waals surface area (Å²) in [5, 5.41) is 3.15. The minimum Gasteiger partial charge on any atom is -0.120 e. The molecular formula is C25H24P2. The normalized spacial score (nSPS) is 13.6. The van der Waals surface area contributed by atoms with Crippen LogP contribution in [-0.2, 0) is 19.8 Å². The summed E-state index contributed by atoms with van der Waals surface area (Å²) in [6.45, 7) is 9.36. The first-order valence-electron chi connectivity index (χ1n) is 9.54. The third-order valence-electron chi connectivity index (χ3n) is 5.99. The van der Waals surface area contributed by atoms with Crippen LogP contribution in [0.2, 0.25) is 0 Å². The van der Waals surface area contributed by atoms with E-state index in [4.69, 9.17) is 0 Å². The zero-order valence-electron chi connectivity index (χ0n) is 16.4. The molecule has 0 aliphatic heterocycles. The van der Waals surface area contributed by atoms with Crippen molar-refractivity contribution in [1.29, 1.82) is 0 Å². The van der Waals surface area contributed by atoms with Crippen molar-refractivity contribution in [3.8, 4) is 32.8 Å². The fourth-order valence-electron chi connectivity index (χ4n) is 4.69. The first-order chi connectivity index (χ1) is 13.0. The third kappa shape index (κ3) is 2.59. The number of benzene rings is 2. The van der Waals surface area contributed by atoms with Gasteiger partial charge in [0.15, 0.2) is 0 Å². The van der Waals surface area contributed by atoms with E-state index in [0.717, 1.165) is 6.42 Å². The standard InChI is InChI=1S/C25H24P2/c1-16-9-11-26(3)24(16)22-14-19-13-18-7-5-6-8-20(18)21(19)15-23(22)25-17(2)10-12-27(25)4/h5-12,14-15H,13H2,1-4H3. The lowest BCUT2D eigenvalue weighted by molar-refractivity contribution is 1.26. The molecule has 2 atom stereocenters. The predicted molar refractivity (Wildman–Crippen MR) is 122 cm³/mol. The molecular weight excluding hydrogens is 362 g/mol. The van der Waals surface area contributed by atoms with Crippen LogP contribution in [0.25, 0.3) is 32.8 Å². The van der Waals surface area contributed by atoms with Crippen LogP contribution in [0.15, 0.2) is 60.1 Å². The summed E-state index contributed by atoms with van der Waals surface area (Å²) in [7, 11) is -0.419. The SMILES string of the molecule is Cc1ccp(C)c1-c1cc2c(cc1-c1c(C)ccp1C)-c1ccccc1C2. The van der Waals surface area contributed by atoms with Crippen molar-refractivity contribution in [1.82, 2.24) is 0 Å². The molecule has 0 radical (unpaired) electrons. The second-order valence-electron chi connectivity index (χ2n) is 7.81. The number of rotatable bonds is 2. The Hall–Kier alpha value is -2.00. The van der Waals surface area contributed by atoms with Gasteiger partial charge in [0.25, 0.3) is 0 Å². The van der Waals surface area contributed by atoms with Crippen molar-refractivity contribution in [3.63, 3.8) is 0 Å². The highest BCUT2D eigenvalue weighted by molar-refractivity contribution is 7.51. The minimum absolute atomic E-state index is 0.205. The fraction of sp³-hybridized carbons (Fsp3) is 0.200. The van der Waals surface area contributed by atoms with Gasteiger partial charge in [0, 0.05) is 10.6 Å². The van der Waals surface area contributed by atoms with Crippen molar-refractivity contribution in [3.05, 3.63) is 82.4 Å². The van der Waals surface area contributed by atoms with Crippen LogP contribution in [0.1, 0.15) is 22.3 Å². The van der Waals surface area contributed by atoms with E-state index in [0.29, 0.717) is 0 Å². The van der Waals surface area contributed by atoms with E-state index in [1.807, 2.05) is 0 Å². The number of hydrogen-bond donors (Lipinski definition) is 0.